The van der Waals surface area contributed by atoms with E-state index in [1.807, 2.05) is 10.9 Å². The van der Waals surface area contributed by atoms with Crippen molar-refractivity contribution in [1.29, 1.82) is 0 Å². The number of nitrogens with zero attached hydrogens (tertiary/aromatic N) is 2. The number of alkyl halides is 1. The third kappa shape index (κ3) is 3.53. The van der Waals surface area contributed by atoms with Crippen LogP contribution in [0.4, 0.5) is 0 Å². The summed E-state index contributed by atoms with van der Waals surface area (Å²) in [6.07, 6.45) is 2.04. The van der Waals surface area contributed by atoms with E-state index in [1.165, 1.54) is 4.90 Å². The number of rotatable bonds is 5. The van der Waals surface area contributed by atoms with Crippen LogP contribution >= 0.6 is 23.4 Å². The number of thioether (sulfide) groups is 1. The first-order valence-corrected chi connectivity index (χ1v) is 7.53. The van der Waals surface area contributed by atoms with Crippen LogP contribution in [0.25, 0.3) is 0 Å². The summed E-state index contributed by atoms with van der Waals surface area (Å²) < 4.78 is 1.99. The fourth-order valence-electron chi connectivity index (χ4n) is 1.57. The molecule has 2 aromatic rings. The molecule has 0 atom stereocenters. The Morgan fingerprint density at radius 3 is 2.50 bits per heavy atom. The number of aromatic nitrogens is 2. The maximum Gasteiger partial charge on any atom is 0.0727 e. The van der Waals surface area contributed by atoms with Gasteiger partial charge in [0.15, 0.2) is 0 Å². The molecule has 2 rings (SSSR count). The van der Waals surface area contributed by atoms with Crippen molar-refractivity contribution >= 4 is 23.4 Å². The predicted molar refractivity (Wildman–Crippen MR) is 78.2 cm³/mol. The first-order valence-electron chi connectivity index (χ1n) is 6.01. The zero-order chi connectivity index (χ0) is 13.0. The van der Waals surface area contributed by atoms with Gasteiger partial charge in [0.1, 0.15) is 0 Å². The third-order valence-electron chi connectivity index (χ3n) is 2.66. The van der Waals surface area contributed by atoms with Crippen molar-refractivity contribution in [2.45, 2.75) is 36.4 Å². The van der Waals surface area contributed by atoms with Crippen molar-refractivity contribution in [1.82, 2.24) is 9.78 Å². The summed E-state index contributed by atoms with van der Waals surface area (Å²) in [7, 11) is 0. The molecule has 0 fully saturated rings. The topological polar surface area (TPSA) is 17.8 Å². The van der Waals surface area contributed by atoms with Gasteiger partial charge in [-0.05, 0) is 37.6 Å². The number of halogens is 1. The second kappa shape index (κ2) is 6.30. The molecule has 0 saturated heterocycles. The van der Waals surface area contributed by atoms with Crippen molar-refractivity contribution < 1.29 is 0 Å². The molecule has 1 heterocycles. The number of hydrogen-bond donors (Lipinski definition) is 0. The highest BCUT2D eigenvalue weighted by Gasteiger charge is 2.03. The molecule has 1 aromatic heterocycles. The Morgan fingerprint density at radius 1 is 1.22 bits per heavy atom. The summed E-state index contributed by atoms with van der Waals surface area (Å²) in [5.74, 6) is 1.48. The van der Waals surface area contributed by atoms with Gasteiger partial charge in [0, 0.05) is 28.8 Å². The van der Waals surface area contributed by atoms with Gasteiger partial charge in [-0.1, -0.05) is 12.1 Å². The lowest BCUT2D eigenvalue weighted by atomic mass is 10.2. The predicted octanol–water partition coefficient (Wildman–Crippen LogP) is 4.50. The lowest BCUT2D eigenvalue weighted by Crippen LogP contribution is -2.01. The van der Waals surface area contributed by atoms with Crippen LogP contribution in [0.15, 0.2) is 41.4 Å². The molecule has 0 radical (unpaired) electrons. The van der Waals surface area contributed by atoms with Gasteiger partial charge in [0.25, 0.3) is 0 Å². The van der Waals surface area contributed by atoms with E-state index in [-0.39, 0.29) is 0 Å². The van der Waals surface area contributed by atoms with Gasteiger partial charge >= 0.3 is 0 Å². The van der Waals surface area contributed by atoms with Crippen LogP contribution in [0.1, 0.15) is 31.1 Å². The van der Waals surface area contributed by atoms with Crippen molar-refractivity contribution in [2.75, 3.05) is 0 Å². The zero-order valence-electron chi connectivity index (χ0n) is 10.6. The lowest BCUT2D eigenvalue weighted by Gasteiger charge is -2.04. The van der Waals surface area contributed by atoms with E-state index in [1.54, 1.807) is 11.8 Å². The highest BCUT2D eigenvalue weighted by Crippen LogP contribution is 2.23. The summed E-state index contributed by atoms with van der Waals surface area (Å²) in [5.41, 5.74) is 2.28. The van der Waals surface area contributed by atoms with Gasteiger partial charge in [0.05, 0.1) is 5.69 Å². The third-order valence-corrected chi connectivity index (χ3v) is 4.01. The summed E-state index contributed by atoms with van der Waals surface area (Å²) in [5, 5.41) is 4.53. The van der Waals surface area contributed by atoms with Gasteiger partial charge in [-0.2, -0.15) is 5.10 Å². The Hall–Kier alpha value is -0.930. The van der Waals surface area contributed by atoms with E-state index >= 15 is 0 Å². The van der Waals surface area contributed by atoms with Gasteiger partial charge in [-0.15, -0.1) is 23.4 Å². The molecule has 0 unspecified atom stereocenters. The van der Waals surface area contributed by atoms with Gasteiger partial charge in [0.2, 0.25) is 0 Å². The second-order valence-electron chi connectivity index (χ2n) is 4.45. The first kappa shape index (κ1) is 13.5. The zero-order valence-corrected chi connectivity index (χ0v) is 12.2. The second-order valence-corrected chi connectivity index (χ2v) is 5.76. The van der Waals surface area contributed by atoms with Crippen LogP contribution < -0.4 is 0 Å². The van der Waals surface area contributed by atoms with Crippen molar-refractivity contribution in [3.05, 3.63) is 47.8 Å². The molecule has 2 nitrogen and oxygen atoms in total. The SMILES string of the molecule is CC(C)n1ccc(CSc2ccc(CCl)cc2)n1. The van der Waals surface area contributed by atoms with Crippen LogP contribution in [0, 0.1) is 0 Å². The van der Waals surface area contributed by atoms with Gasteiger partial charge < -0.3 is 0 Å². The average Bonchev–Trinajstić information content (AvgIpc) is 2.86. The maximum absolute atomic E-state index is 5.77. The van der Waals surface area contributed by atoms with E-state index < -0.39 is 0 Å². The summed E-state index contributed by atoms with van der Waals surface area (Å²) in [6, 6.07) is 10.9. The van der Waals surface area contributed by atoms with E-state index in [2.05, 4.69) is 49.3 Å². The molecule has 0 N–H and O–H groups in total. The normalized spacial score (nSPS) is 11.1. The molecular weight excluding hydrogens is 264 g/mol. The molecular formula is C14H17ClN2S. The Kier molecular flexibility index (Phi) is 4.72. The molecule has 0 aliphatic rings. The molecule has 0 aliphatic carbocycles. The van der Waals surface area contributed by atoms with Crippen LogP contribution in [0.3, 0.4) is 0 Å². The van der Waals surface area contributed by atoms with E-state index in [4.69, 9.17) is 11.6 Å². The summed E-state index contributed by atoms with van der Waals surface area (Å²) in [4.78, 5) is 1.25. The quantitative estimate of drug-likeness (QED) is 0.593. The number of hydrogen-bond acceptors (Lipinski definition) is 2. The Morgan fingerprint density at radius 2 is 1.94 bits per heavy atom. The standard InChI is InChI=1S/C14H17ClN2S/c1-11(2)17-8-7-13(16-17)10-18-14-5-3-12(9-15)4-6-14/h3-8,11H,9-10H2,1-2H3. The monoisotopic (exact) mass is 280 g/mol. The minimum absolute atomic E-state index is 0.423. The number of benzene rings is 1. The summed E-state index contributed by atoms with van der Waals surface area (Å²) >= 11 is 7.56. The maximum atomic E-state index is 5.77. The first-order chi connectivity index (χ1) is 8.69. The van der Waals surface area contributed by atoms with E-state index in [9.17, 15) is 0 Å². The molecule has 1 aromatic carbocycles. The Balaban J connectivity index is 1.93. The highest BCUT2D eigenvalue weighted by atomic mass is 35.5. The molecule has 18 heavy (non-hydrogen) atoms. The van der Waals surface area contributed by atoms with Crippen molar-refractivity contribution in [3.8, 4) is 0 Å². The van der Waals surface area contributed by atoms with Gasteiger partial charge in [-0.3, -0.25) is 4.68 Å². The average molecular weight is 281 g/mol. The Labute approximate surface area is 117 Å². The molecule has 0 bridgehead atoms. The fraction of sp³-hybridized carbons (Fsp3) is 0.357. The van der Waals surface area contributed by atoms with Gasteiger partial charge in [-0.25, -0.2) is 0 Å². The van der Waals surface area contributed by atoms with Crippen LogP contribution in [0.2, 0.25) is 0 Å². The van der Waals surface area contributed by atoms with Crippen molar-refractivity contribution in [3.63, 3.8) is 0 Å². The fourth-order valence-corrected chi connectivity index (χ4v) is 2.55. The van der Waals surface area contributed by atoms with E-state index in [0.29, 0.717) is 11.9 Å². The molecule has 0 aliphatic heterocycles. The minimum Gasteiger partial charge on any atom is -0.270 e. The summed E-state index contributed by atoms with van der Waals surface area (Å²) in [6.45, 7) is 4.27. The Bertz CT molecular complexity index is 491. The smallest absolute Gasteiger partial charge is 0.0727 e. The largest absolute Gasteiger partial charge is 0.270 e. The molecule has 0 amide bonds. The molecule has 96 valence electrons. The van der Waals surface area contributed by atoms with Crippen molar-refractivity contribution in [2.24, 2.45) is 0 Å². The molecule has 0 saturated carbocycles. The minimum atomic E-state index is 0.423. The lowest BCUT2D eigenvalue weighted by molar-refractivity contribution is 0.529. The molecule has 0 spiro atoms. The van der Waals surface area contributed by atoms with Crippen LogP contribution in [-0.2, 0) is 11.6 Å². The highest BCUT2D eigenvalue weighted by molar-refractivity contribution is 7.98. The van der Waals surface area contributed by atoms with Crippen LogP contribution in [-0.4, -0.2) is 9.78 Å². The molecule has 4 heteroatoms. The van der Waals surface area contributed by atoms with E-state index in [0.717, 1.165) is 17.0 Å². The van der Waals surface area contributed by atoms with Crippen LogP contribution in [0.5, 0.6) is 0 Å².